The number of hydrogen-bond donors (Lipinski definition) is 2. The third kappa shape index (κ3) is 5.96. The number of nitrogens with one attached hydrogen (secondary N) is 1. The SMILES string of the molecule is NC(=O)C(CC1CCCCC1)NC(=O)C1CN(S(=O)(=O)c2ccccc2)CCN1C(=O)c1cccs1. The van der Waals surface area contributed by atoms with E-state index in [0.29, 0.717) is 17.2 Å². The fraction of sp³-hybridized carbons (Fsp3) is 0.480. The molecule has 2 atom stereocenters. The van der Waals surface area contributed by atoms with Gasteiger partial charge >= 0.3 is 0 Å². The molecule has 194 valence electrons. The molecule has 4 rings (SSSR count). The van der Waals surface area contributed by atoms with Gasteiger partial charge in [0.05, 0.1) is 9.77 Å². The largest absolute Gasteiger partial charge is 0.368 e. The molecule has 1 aliphatic heterocycles. The van der Waals surface area contributed by atoms with Crippen LogP contribution in [-0.2, 0) is 19.6 Å². The number of amides is 3. The van der Waals surface area contributed by atoms with Gasteiger partial charge in [-0.05, 0) is 35.9 Å². The molecule has 2 aromatic rings. The Kier molecular flexibility index (Phi) is 8.43. The maximum absolute atomic E-state index is 13.5. The second-order valence-corrected chi connectivity index (χ2v) is 12.3. The first-order chi connectivity index (χ1) is 17.3. The van der Waals surface area contributed by atoms with Crippen molar-refractivity contribution in [3.63, 3.8) is 0 Å². The summed E-state index contributed by atoms with van der Waals surface area (Å²) in [6, 6.07) is 9.44. The Morgan fingerprint density at radius 3 is 2.39 bits per heavy atom. The van der Waals surface area contributed by atoms with Crippen LogP contribution in [0.4, 0.5) is 0 Å². The van der Waals surface area contributed by atoms with Crippen molar-refractivity contribution in [3.8, 4) is 0 Å². The predicted molar refractivity (Wildman–Crippen MR) is 137 cm³/mol. The number of piperazine rings is 1. The molecule has 36 heavy (non-hydrogen) atoms. The smallest absolute Gasteiger partial charge is 0.264 e. The second-order valence-electron chi connectivity index (χ2n) is 9.37. The Labute approximate surface area is 215 Å². The van der Waals surface area contributed by atoms with Crippen molar-refractivity contribution in [1.29, 1.82) is 0 Å². The molecule has 1 saturated carbocycles. The summed E-state index contributed by atoms with van der Waals surface area (Å²) in [5.74, 6) is -1.26. The van der Waals surface area contributed by atoms with Gasteiger partial charge in [-0.15, -0.1) is 11.3 Å². The highest BCUT2D eigenvalue weighted by molar-refractivity contribution is 7.89. The van der Waals surface area contributed by atoms with E-state index < -0.39 is 33.9 Å². The minimum atomic E-state index is -3.87. The Hall–Kier alpha value is -2.76. The third-order valence-corrected chi connectivity index (χ3v) is 9.71. The summed E-state index contributed by atoms with van der Waals surface area (Å²) >= 11 is 1.25. The molecule has 11 heteroatoms. The lowest BCUT2D eigenvalue weighted by Crippen LogP contribution is -2.63. The van der Waals surface area contributed by atoms with Crippen molar-refractivity contribution in [2.45, 2.75) is 55.5 Å². The number of benzene rings is 1. The normalized spacial score (nSPS) is 20.6. The number of carbonyl (C=O) groups excluding carboxylic acids is 3. The van der Waals surface area contributed by atoms with E-state index in [0.717, 1.165) is 32.1 Å². The van der Waals surface area contributed by atoms with Crippen molar-refractivity contribution >= 4 is 39.1 Å². The number of primary amides is 1. The molecule has 1 aromatic carbocycles. The molecule has 0 bridgehead atoms. The number of nitrogens with zero attached hydrogens (tertiary/aromatic N) is 2. The van der Waals surface area contributed by atoms with Crippen LogP contribution in [0.15, 0.2) is 52.7 Å². The summed E-state index contributed by atoms with van der Waals surface area (Å²) < 4.78 is 27.8. The lowest BCUT2D eigenvalue weighted by atomic mass is 9.84. The number of carbonyl (C=O) groups is 3. The van der Waals surface area contributed by atoms with E-state index in [2.05, 4.69) is 5.32 Å². The molecule has 3 N–H and O–H groups in total. The minimum absolute atomic E-state index is 0.0464. The highest BCUT2D eigenvalue weighted by Gasteiger charge is 2.41. The number of thiophene rings is 1. The second kappa shape index (κ2) is 11.5. The number of sulfonamides is 1. The fourth-order valence-electron chi connectivity index (χ4n) is 5.00. The van der Waals surface area contributed by atoms with Gasteiger partial charge in [0.25, 0.3) is 5.91 Å². The highest BCUT2D eigenvalue weighted by Crippen LogP contribution is 2.28. The topological polar surface area (TPSA) is 130 Å². The Morgan fingerprint density at radius 2 is 1.75 bits per heavy atom. The van der Waals surface area contributed by atoms with Crippen LogP contribution in [0.1, 0.15) is 48.2 Å². The summed E-state index contributed by atoms with van der Waals surface area (Å²) in [4.78, 5) is 41.0. The van der Waals surface area contributed by atoms with Crippen LogP contribution in [-0.4, -0.2) is 67.1 Å². The average molecular weight is 533 g/mol. The molecule has 0 radical (unpaired) electrons. The van der Waals surface area contributed by atoms with E-state index in [9.17, 15) is 22.8 Å². The molecule has 2 fully saturated rings. The first-order valence-corrected chi connectivity index (χ1v) is 14.6. The van der Waals surface area contributed by atoms with Crippen LogP contribution in [0.5, 0.6) is 0 Å². The van der Waals surface area contributed by atoms with Gasteiger partial charge in [-0.25, -0.2) is 8.42 Å². The quantitative estimate of drug-likeness (QED) is 0.538. The Morgan fingerprint density at radius 1 is 1.03 bits per heavy atom. The number of nitrogens with two attached hydrogens (primary N) is 1. The lowest BCUT2D eigenvalue weighted by molar-refractivity contribution is -0.131. The van der Waals surface area contributed by atoms with Crippen LogP contribution >= 0.6 is 11.3 Å². The standard InChI is InChI=1S/C25H32N4O5S2/c26-23(30)20(16-18-8-3-1-4-9-18)27-24(31)21-17-28(36(33,34)19-10-5-2-6-11-19)13-14-29(21)25(32)22-12-7-15-35-22/h2,5-7,10-12,15,18,20-21H,1,3-4,8-9,13-14,16-17H2,(H2,26,30)(H,27,31). The monoisotopic (exact) mass is 532 g/mol. The van der Waals surface area contributed by atoms with Gasteiger partial charge in [0.1, 0.15) is 12.1 Å². The maximum atomic E-state index is 13.5. The van der Waals surface area contributed by atoms with Crippen molar-refractivity contribution < 1.29 is 22.8 Å². The summed E-state index contributed by atoms with van der Waals surface area (Å²) in [6.07, 6.45) is 5.74. The van der Waals surface area contributed by atoms with Gasteiger partial charge in [0.15, 0.2) is 0 Å². The van der Waals surface area contributed by atoms with Crippen molar-refractivity contribution in [2.24, 2.45) is 11.7 Å². The fourth-order valence-corrected chi connectivity index (χ4v) is 7.13. The summed E-state index contributed by atoms with van der Waals surface area (Å²) in [7, 11) is -3.87. The molecule has 1 aliphatic carbocycles. The first-order valence-electron chi connectivity index (χ1n) is 12.3. The van der Waals surface area contributed by atoms with E-state index in [4.69, 9.17) is 5.73 Å². The molecule has 9 nitrogen and oxygen atoms in total. The summed E-state index contributed by atoms with van der Waals surface area (Å²) in [5, 5.41) is 4.52. The summed E-state index contributed by atoms with van der Waals surface area (Å²) in [5.41, 5.74) is 5.64. The Bertz CT molecular complexity index is 1160. The first kappa shape index (κ1) is 26.3. The van der Waals surface area contributed by atoms with Gasteiger partial charge in [0, 0.05) is 19.6 Å². The molecule has 0 spiro atoms. The van der Waals surface area contributed by atoms with Crippen molar-refractivity contribution in [2.75, 3.05) is 19.6 Å². The van der Waals surface area contributed by atoms with E-state index >= 15 is 0 Å². The molecule has 1 aromatic heterocycles. The predicted octanol–water partition coefficient (Wildman–Crippen LogP) is 2.20. The maximum Gasteiger partial charge on any atom is 0.264 e. The molecular weight excluding hydrogens is 500 g/mol. The molecular formula is C25H32N4O5S2. The molecule has 2 aliphatic rings. The molecule has 2 heterocycles. The Balaban J connectivity index is 1.56. The number of hydrogen-bond acceptors (Lipinski definition) is 6. The zero-order chi connectivity index (χ0) is 25.7. The van der Waals surface area contributed by atoms with Crippen LogP contribution in [0.2, 0.25) is 0 Å². The van der Waals surface area contributed by atoms with Gasteiger partial charge < -0.3 is 16.0 Å². The average Bonchev–Trinajstić information content (AvgIpc) is 3.44. The zero-order valence-electron chi connectivity index (χ0n) is 20.0. The molecule has 2 unspecified atom stereocenters. The van der Waals surface area contributed by atoms with Gasteiger partial charge in [-0.2, -0.15) is 4.31 Å². The molecule has 3 amide bonds. The highest BCUT2D eigenvalue weighted by atomic mass is 32.2. The van der Waals surface area contributed by atoms with Crippen LogP contribution < -0.4 is 11.1 Å². The van der Waals surface area contributed by atoms with Crippen LogP contribution in [0, 0.1) is 5.92 Å². The van der Waals surface area contributed by atoms with Crippen LogP contribution in [0.3, 0.4) is 0 Å². The summed E-state index contributed by atoms with van der Waals surface area (Å²) in [6.45, 7) is -0.112. The van der Waals surface area contributed by atoms with Gasteiger partial charge in [0.2, 0.25) is 21.8 Å². The van der Waals surface area contributed by atoms with E-state index in [1.165, 1.54) is 32.7 Å². The minimum Gasteiger partial charge on any atom is -0.368 e. The lowest BCUT2D eigenvalue weighted by Gasteiger charge is -2.40. The van der Waals surface area contributed by atoms with Gasteiger partial charge in [-0.1, -0.05) is 56.4 Å². The van der Waals surface area contributed by atoms with E-state index in [1.807, 2.05) is 0 Å². The van der Waals surface area contributed by atoms with Crippen molar-refractivity contribution in [1.82, 2.24) is 14.5 Å². The van der Waals surface area contributed by atoms with Crippen LogP contribution in [0.25, 0.3) is 0 Å². The third-order valence-electron chi connectivity index (χ3n) is 6.97. The van der Waals surface area contributed by atoms with Crippen molar-refractivity contribution in [3.05, 3.63) is 52.7 Å². The van der Waals surface area contributed by atoms with E-state index in [-0.39, 0.29) is 30.4 Å². The van der Waals surface area contributed by atoms with E-state index in [1.54, 1.807) is 35.7 Å². The molecule has 1 saturated heterocycles. The number of rotatable bonds is 8. The van der Waals surface area contributed by atoms with Gasteiger partial charge in [-0.3, -0.25) is 14.4 Å². The zero-order valence-corrected chi connectivity index (χ0v) is 21.7.